The first-order chi connectivity index (χ1) is 17.0. The Kier molecular flexibility index (Phi) is 6.24. The van der Waals surface area contributed by atoms with Crippen LogP contribution in [-0.2, 0) is 27.1 Å². The molecule has 35 heavy (non-hydrogen) atoms. The fourth-order valence-electron chi connectivity index (χ4n) is 4.07. The van der Waals surface area contributed by atoms with Crippen LogP contribution in [0.5, 0.6) is 5.75 Å². The summed E-state index contributed by atoms with van der Waals surface area (Å²) in [4.78, 5) is 17.2. The van der Waals surface area contributed by atoms with Crippen molar-refractivity contribution in [2.75, 3.05) is 10.8 Å². The SMILES string of the molecule is O=C(NCc1ccccc1-n1ccnc1)[C@H]1CN(S(=O)(=O)Cc2ccccc2)c2ccccc2O1. The number of benzene rings is 3. The highest BCUT2D eigenvalue weighted by molar-refractivity contribution is 7.92. The van der Waals surface area contributed by atoms with Crippen LogP contribution in [0.3, 0.4) is 0 Å². The molecule has 0 saturated heterocycles. The van der Waals surface area contributed by atoms with E-state index >= 15 is 0 Å². The van der Waals surface area contributed by atoms with Gasteiger partial charge in [-0.1, -0.05) is 60.7 Å². The molecule has 1 aromatic heterocycles. The van der Waals surface area contributed by atoms with Crippen molar-refractivity contribution < 1.29 is 17.9 Å². The molecule has 0 aliphatic carbocycles. The van der Waals surface area contributed by atoms with Gasteiger partial charge in [0.2, 0.25) is 10.0 Å². The molecule has 8 nitrogen and oxygen atoms in total. The summed E-state index contributed by atoms with van der Waals surface area (Å²) in [7, 11) is -3.76. The maximum absolute atomic E-state index is 13.4. The molecular weight excluding hydrogens is 464 g/mol. The van der Waals surface area contributed by atoms with Gasteiger partial charge in [-0.15, -0.1) is 0 Å². The van der Waals surface area contributed by atoms with Crippen molar-refractivity contribution in [3.8, 4) is 11.4 Å². The van der Waals surface area contributed by atoms with Crippen LogP contribution in [0, 0.1) is 0 Å². The van der Waals surface area contributed by atoms with E-state index in [9.17, 15) is 13.2 Å². The lowest BCUT2D eigenvalue weighted by Crippen LogP contribution is -2.50. The van der Waals surface area contributed by atoms with Crippen LogP contribution in [-0.4, -0.2) is 36.5 Å². The molecule has 1 N–H and O–H groups in total. The normalized spacial score (nSPS) is 15.2. The Morgan fingerprint density at radius 2 is 1.69 bits per heavy atom. The number of sulfonamides is 1. The molecule has 4 aromatic rings. The van der Waals surface area contributed by atoms with Crippen LogP contribution >= 0.6 is 0 Å². The van der Waals surface area contributed by atoms with Gasteiger partial charge in [-0.25, -0.2) is 13.4 Å². The van der Waals surface area contributed by atoms with E-state index in [0.717, 1.165) is 11.3 Å². The van der Waals surface area contributed by atoms with E-state index in [-0.39, 0.29) is 24.7 Å². The predicted octanol–water partition coefficient (Wildman–Crippen LogP) is 3.29. The topological polar surface area (TPSA) is 93.5 Å². The van der Waals surface area contributed by atoms with Gasteiger partial charge in [-0.2, -0.15) is 0 Å². The molecule has 1 atom stereocenters. The smallest absolute Gasteiger partial charge is 0.263 e. The average Bonchev–Trinajstić information content (AvgIpc) is 3.42. The zero-order valence-corrected chi connectivity index (χ0v) is 19.6. The number of anilines is 1. The van der Waals surface area contributed by atoms with Crippen LogP contribution in [0.25, 0.3) is 5.69 Å². The van der Waals surface area contributed by atoms with Crippen LogP contribution in [0.2, 0.25) is 0 Å². The van der Waals surface area contributed by atoms with Gasteiger partial charge in [0.05, 0.1) is 30.0 Å². The summed E-state index contributed by atoms with van der Waals surface area (Å²) in [5, 5.41) is 2.90. The quantitative estimate of drug-likeness (QED) is 0.431. The summed E-state index contributed by atoms with van der Waals surface area (Å²) in [6.45, 7) is 0.145. The first-order valence-corrected chi connectivity index (χ1v) is 12.8. The van der Waals surface area contributed by atoms with Gasteiger partial charge in [0.15, 0.2) is 6.10 Å². The van der Waals surface area contributed by atoms with E-state index in [1.54, 1.807) is 61.1 Å². The average molecular weight is 489 g/mol. The van der Waals surface area contributed by atoms with E-state index in [0.29, 0.717) is 17.0 Å². The van der Waals surface area contributed by atoms with Gasteiger partial charge >= 0.3 is 0 Å². The van der Waals surface area contributed by atoms with Crippen molar-refractivity contribution in [2.24, 2.45) is 0 Å². The first-order valence-electron chi connectivity index (χ1n) is 11.2. The minimum atomic E-state index is -3.76. The van der Waals surface area contributed by atoms with Crippen molar-refractivity contribution in [1.29, 1.82) is 0 Å². The second-order valence-corrected chi connectivity index (χ2v) is 10.1. The van der Waals surface area contributed by atoms with Gasteiger partial charge in [0, 0.05) is 18.9 Å². The minimum Gasteiger partial charge on any atom is -0.476 e. The lowest BCUT2D eigenvalue weighted by atomic mass is 10.1. The number of nitrogens with one attached hydrogen (secondary N) is 1. The predicted molar refractivity (Wildman–Crippen MR) is 133 cm³/mol. The Balaban J connectivity index is 1.35. The molecule has 1 aliphatic rings. The number of carbonyl (C=O) groups excluding carboxylic acids is 1. The number of hydrogen-bond donors (Lipinski definition) is 1. The third-order valence-corrected chi connectivity index (χ3v) is 7.50. The molecule has 3 aromatic carbocycles. The van der Waals surface area contributed by atoms with Crippen LogP contribution < -0.4 is 14.4 Å². The molecule has 0 radical (unpaired) electrons. The Labute approximate surface area is 203 Å². The molecule has 178 valence electrons. The molecular formula is C26H24N4O4S. The highest BCUT2D eigenvalue weighted by Crippen LogP contribution is 2.35. The Morgan fingerprint density at radius 1 is 0.971 bits per heavy atom. The maximum atomic E-state index is 13.4. The van der Waals surface area contributed by atoms with Crippen molar-refractivity contribution >= 4 is 21.6 Å². The summed E-state index contributed by atoms with van der Waals surface area (Å²) in [6, 6.07) is 23.5. The molecule has 1 aliphatic heterocycles. The molecule has 9 heteroatoms. The van der Waals surface area contributed by atoms with E-state index in [2.05, 4.69) is 10.3 Å². The Morgan fingerprint density at radius 3 is 2.46 bits per heavy atom. The second-order valence-electron chi connectivity index (χ2n) is 8.16. The molecule has 5 rings (SSSR count). The summed E-state index contributed by atoms with van der Waals surface area (Å²) < 4.78 is 35.8. The van der Waals surface area contributed by atoms with Crippen LogP contribution in [0.1, 0.15) is 11.1 Å². The fraction of sp³-hybridized carbons (Fsp3) is 0.154. The molecule has 1 amide bonds. The molecule has 0 fully saturated rings. The lowest BCUT2D eigenvalue weighted by molar-refractivity contribution is -0.127. The number of imidazole rings is 1. The Hall–Kier alpha value is -4.11. The largest absolute Gasteiger partial charge is 0.476 e. The number of hydrogen-bond acceptors (Lipinski definition) is 5. The number of fused-ring (bicyclic) bond motifs is 1. The van der Waals surface area contributed by atoms with Gasteiger partial charge < -0.3 is 14.6 Å². The molecule has 0 spiro atoms. The van der Waals surface area contributed by atoms with Crippen molar-refractivity contribution in [3.05, 3.63) is 109 Å². The summed E-state index contributed by atoms with van der Waals surface area (Å²) in [5.41, 5.74) is 2.89. The molecule has 0 unspecified atom stereocenters. The fourth-order valence-corrected chi connectivity index (χ4v) is 5.66. The van der Waals surface area contributed by atoms with E-state index in [4.69, 9.17) is 4.74 Å². The van der Waals surface area contributed by atoms with Crippen LogP contribution in [0.4, 0.5) is 5.69 Å². The summed E-state index contributed by atoms with van der Waals surface area (Å²) in [5.74, 6) is -0.205. The monoisotopic (exact) mass is 488 g/mol. The molecule has 2 heterocycles. The van der Waals surface area contributed by atoms with Gasteiger partial charge in [-0.3, -0.25) is 9.10 Å². The van der Waals surface area contributed by atoms with Gasteiger partial charge in [-0.05, 0) is 29.3 Å². The van der Waals surface area contributed by atoms with Crippen molar-refractivity contribution in [3.63, 3.8) is 0 Å². The third-order valence-electron chi connectivity index (χ3n) is 5.78. The lowest BCUT2D eigenvalue weighted by Gasteiger charge is -2.34. The number of rotatable bonds is 7. The molecule has 0 saturated carbocycles. The second kappa shape index (κ2) is 9.63. The standard InChI is InChI=1S/C26H24N4O4S/c31-26(28-16-21-10-4-5-11-22(21)29-15-14-27-19-29)25-17-30(23-12-6-7-13-24(23)34-25)35(32,33)18-20-8-2-1-3-9-20/h1-15,19,25H,16-18H2,(H,28,31)/t25-/m1/s1. The van der Waals surface area contributed by atoms with E-state index in [1.165, 1.54) is 4.31 Å². The zero-order chi connectivity index (χ0) is 24.3. The number of ether oxygens (including phenoxy) is 1. The third kappa shape index (κ3) is 4.90. The maximum Gasteiger partial charge on any atom is 0.263 e. The zero-order valence-electron chi connectivity index (χ0n) is 18.8. The number of amides is 1. The number of para-hydroxylation sites is 3. The van der Waals surface area contributed by atoms with Crippen molar-refractivity contribution in [2.45, 2.75) is 18.4 Å². The highest BCUT2D eigenvalue weighted by Gasteiger charge is 2.36. The Bertz CT molecular complexity index is 1420. The van der Waals surface area contributed by atoms with Gasteiger partial charge in [0.1, 0.15) is 5.75 Å². The molecule has 0 bridgehead atoms. The number of carbonyl (C=O) groups is 1. The number of aromatic nitrogens is 2. The summed E-state index contributed by atoms with van der Waals surface area (Å²) >= 11 is 0. The van der Waals surface area contributed by atoms with E-state index in [1.807, 2.05) is 41.1 Å². The van der Waals surface area contributed by atoms with Crippen LogP contribution in [0.15, 0.2) is 97.6 Å². The minimum absolute atomic E-state index is 0.110. The summed E-state index contributed by atoms with van der Waals surface area (Å²) in [6.07, 6.45) is 4.22. The first kappa shape index (κ1) is 22.7. The van der Waals surface area contributed by atoms with E-state index < -0.39 is 16.1 Å². The highest BCUT2D eigenvalue weighted by atomic mass is 32.2. The van der Waals surface area contributed by atoms with Crippen molar-refractivity contribution in [1.82, 2.24) is 14.9 Å². The number of nitrogens with zero attached hydrogens (tertiary/aromatic N) is 3. The van der Waals surface area contributed by atoms with Gasteiger partial charge in [0.25, 0.3) is 5.91 Å².